The SMILES string of the molecule is O=C(c1cc2ccccc2[nH]1)N1CCC(Cn2cnc(C3CC3)cc2=O)CC1. The Kier molecular flexibility index (Phi) is 4.26. The number of para-hydroxylation sites is 1. The van der Waals surface area contributed by atoms with E-state index in [1.165, 1.54) is 0 Å². The summed E-state index contributed by atoms with van der Waals surface area (Å²) in [6, 6.07) is 11.6. The maximum Gasteiger partial charge on any atom is 0.270 e. The summed E-state index contributed by atoms with van der Waals surface area (Å²) in [6.45, 7) is 2.13. The first-order valence-corrected chi connectivity index (χ1v) is 10.1. The van der Waals surface area contributed by atoms with Crippen molar-refractivity contribution >= 4 is 16.8 Å². The molecule has 2 fully saturated rings. The highest BCUT2D eigenvalue weighted by Crippen LogP contribution is 2.38. The van der Waals surface area contributed by atoms with Crippen molar-refractivity contribution in [3.8, 4) is 0 Å². The van der Waals surface area contributed by atoms with Gasteiger partial charge in [0.15, 0.2) is 0 Å². The molecule has 6 nitrogen and oxygen atoms in total. The number of fused-ring (bicyclic) bond motifs is 1. The third-order valence-corrected chi connectivity index (χ3v) is 6.01. The van der Waals surface area contributed by atoms with Crippen molar-refractivity contribution in [3.63, 3.8) is 0 Å². The lowest BCUT2D eigenvalue weighted by Gasteiger charge is -2.32. The van der Waals surface area contributed by atoms with E-state index in [2.05, 4.69) is 9.97 Å². The van der Waals surface area contributed by atoms with E-state index in [1.807, 2.05) is 35.2 Å². The molecule has 2 aromatic heterocycles. The lowest BCUT2D eigenvalue weighted by atomic mass is 9.96. The van der Waals surface area contributed by atoms with Crippen molar-refractivity contribution in [2.75, 3.05) is 13.1 Å². The number of aromatic amines is 1. The molecule has 0 radical (unpaired) electrons. The number of H-pyrrole nitrogens is 1. The van der Waals surface area contributed by atoms with Gasteiger partial charge in [-0.05, 0) is 43.7 Å². The maximum atomic E-state index is 12.8. The summed E-state index contributed by atoms with van der Waals surface area (Å²) in [5.41, 5.74) is 2.63. The van der Waals surface area contributed by atoms with Crippen molar-refractivity contribution in [3.05, 3.63) is 64.5 Å². The smallest absolute Gasteiger partial charge is 0.270 e. The topological polar surface area (TPSA) is 71.0 Å². The zero-order valence-electron chi connectivity index (χ0n) is 15.8. The van der Waals surface area contributed by atoms with Crippen molar-refractivity contribution in [1.82, 2.24) is 19.4 Å². The monoisotopic (exact) mass is 376 g/mol. The standard InChI is InChI=1S/C22H24N4O2/c27-21-12-19(16-5-6-16)23-14-26(21)13-15-7-9-25(10-8-15)22(28)20-11-17-3-1-2-4-18(17)24-20/h1-4,11-12,14-16,24H,5-10,13H2. The molecule has 144 valence electrons. The Morgan fingerprint density at radius 1 is 1.11 bits per heavy atom. The zero-order valence-corrected chi connectivity index (χ0v) is 15.8. The van der Waals surface area contributed by atoms with E-state index < -0.39 is 0 Å². The second kappa shape index (κ2) is 6.93. The van der Waals surface area contributed by atoms with Crippen LogP contribution in [-0.2, 0) is 6.54 Å². The summed E-state index contributed by atoms with van der Waals surface area (Å²) in [5, 5.41) is 1.06. The highest BCUT2D eigenvalue weighted by molar-refractivity contribution is 5.98. The van der Waals surface area contributed by atoms with Crippen LogP contribution in [0.3, 0.4) is 0 Å². The number of nitrogens with zero attached hydrogens (tertiary/aromatic N) is 3. The number of carbonyl (C=O) groups excluding carboxylic acids is 1. The predicted octanol–water partition coefficient (Wildman–Crippen LogP) is 3.15. The molecular formula is C22H24N4O2. The van der Waals surface area contributed by atoms with Crippen LogP contribution in [0.2, 0.25) is 0 Å². The van der Waals surface area contributed by atoms with Crippen molar-refractivity contribution < 1.29 is 4.79 Å². The highest BCUT2D eigenvalue weighted by atomic mass is 16.2. The number of amides is 1. The Hall–Kier alpha value is -2.89. The molecule has 0 atom stereocenters. The van der Waals surface area contributed by atoms with E-state index in [0.717, 1.165) is 55.4 Å². The fourth-order valence-corrected chi connectivity index (χ4v) is 4.14. The number of likely N-dealkylation sites (tertiary alicyclic amines) is 1. The van der Waals surface area contributed by atoms with E-state index in [1.54, 1.807) is 17.0 Å². The van der Waals surface area contributed by atoms with Gasteiger partial charge in [0.1, 0.15) is 5.69 Å². The van der Waals surface area contributed by atoms with E-state index >= 15 is 0 Å². The van der Waals surface area contributed by atoms with Gasteiger partial charge >= 0.3 is 0 Å². The molecule has 5 rings (SSSR count). The van der Waals surface area contributed by atoms with Gasteiger partial charge in [0.25, 0.3) is 11.5 Å². The Morgan fingerprint density at radius 3 is 2.61 bits per heavy atom. The minimum atomic E-state index is 0.0495. The summed E-state index contributed by atoms with van der Waals surface area (Å²) >= 11 is 0. The van der Waals surface area contributed by atoms with E-state index in [9.17, 15) is 9.59 Å². The second-order valence-electron chi connectivity index (χ2n) is 8.08. The number of benzene rings is 1. The van der Waals surface area contributed by atoms with Gasteiger partial charge in [-0.1, -0.05) is 18.2 Å². The average Bonchev–Trinajstić information content (AvgIpc) is 3.48. The molecule has 1 amide bonds. The normalized spacial score (nSPS) is 17.9. The highest BCUT2D eigenvalue weighted by Gasteiger charge is 2.27. The van der Waals surface area contributed by atoms with Gasteiger partial charge in [-0.2, -0.15) is 0 Å². The van der Waals surface area contributed by atoms with Gasteiger partial charge < -0.3 is 9.88 Å². The third-order valence-electron chi connectivity index (χ3n) is 6.01. The van der Waals surface area contributed by atoms with Crippen LogP contribution in [0.4, 0.5) is 0 Å². The van der Waals surface area contributed by atoms with Crippen LogP contribution >= 0.6 is 0 Å². The minimum absolute atomic E-state index is 0.0495. The molecule has 1 aliphatic carbocycles. The molecule has 0 bridgehead atoms. The van der Waals surface area contributed by atoms with Crippen LogP contribution in [0.25, 0.3) is 10.9 Å². The molecule has 0 spiro atoms. The molecule has 2 aliphatic rings. The molecular weight excluding hydrogens is 352 g/mol. The molecule has 1 aliphatic heterocycles. The Labute approximate surface area is 163 Å². The molecule has 3 heterocycles. The van der Waals surface area contributed by atoms with E-state index in [-0.39, 0.29) is 11.5 Å². The van der Waals surface area contributed by atoms with Gasteiger partial charge in [0, 0.05) is 42.5 Å². The van der Waals surface area contributed by atoms with Crippen molar-refractivity contribution in [2.24, 2.45) is 5.92 Å². The van der Waals surface area contributed by atoms with Crippen LogP contribution in [0, 0.1) is 5.92 Å². The predicted molar refractivity (Wildman–Crippen MR) is 107 cm³/mol. The number of hydrogen-bond donors (Lipinski definition) is 1. The fourth-order valence-electron chi connectivity index (χ4n) is 4.14. The quantitative estimate of drug-likeness (QED) is 0.760. The van der Waals surface area contributed by atoms with Gasteiger partial charge in [0.2, 0.25) is 0 Å². The number of hydrogen-bond acceptors (Lipinski definition) is 3. The summed E-state index contributed by atoms with van der Waals surface area (Å²) in [7, 11) is 0. The minimum Gasteiger partial charge on any atom is -0.351 e. The summed E-state index contributed by atoms with van der Waals surface area (Å²) in [4.78, 5) is 34.8. The van der Waals surface area contributed by atoms with Gasteiger partial charge in [-0.3, -0.25) is 14.2 Å². The van der Waals surface area contributed by atoms with Crippen LogP contribution < -0.4 is 5.56 Å². The lowest BCUT2D eigenvalue weighted by Crippen LogP contribution is -2.40. The zero-order chi connectivity index (χ0) is 19.1. The lowest BCUT2D eigenvalue weighted by molar-refractivity contribution is 0.0677. The molecule has 1 saturated heterocycles. The van der Waals surface area contributed by atoms with Gasteiger partial charge in [-0.15, -0.1) is 0 Å². The van der Waals surface area contributed by atoms with Gasteiger partial charge in [-0.25, -0.2) is 4.98 Å². The van der Waals surface area contributed by atoms with Crippen LogP contribution in [0.5, 0.6) is 0 Å². The molecule has 1 N–H and O–H groups in total. The third kappa shape index (κ3) is 3.35. The van der Waals surface area contributed by atoms with Crippen LogP contribution in [0.15, 0.2) is 47.5 Å². The largest absolute Gasteiger partial charge is 0.351 e. The van der Waals surface area contributed by atoms with Crippen LogP contribution in [-0.4, -0.2) is 38.4 Å². The summed E-state index contributed by atoms with van der Waals surface area (Å²) in [5.74, 6) is 0.960. The molecule has 3 aromatic rings. The number of nitrogens with one attached hydrogen (secondary N) is 1. The molecule has 1 aromatic carbocycles. The van der Waals surface area contributed by atoms with E-state index in [4.69, 9.17) is 0 Å². The fraction of sp³-hybridized carbons (Fsp3) is 0.409. The number of carbonyl (C=O) groups is 1. The number of aromatic nitrogens is 3. The molecule has 0 unspecified atom stereocenters. The Morgan fingerprint density at radius 2 is 1.89 bits per heavy atom. The first kappa shape index (κ1) is 17.2. The molecule has 1 saturated carbocycles. The van der Waals surface area contributed by atoms with Crippen LogP contribution in [0.1, 0.15) is 47.8 Å². The Bertz CT molecular complexity index is 1040. The first-order chi connectivity index (χ1) is 13.7. The second-order valence-corrected chi connectivity index (χ2v) is 8.08. The molecule has 28 heavy (non-hydrogen) atoms. The van der Waals surface area contributed by atoms with Crippen molar-refractivity contribution in [1.29, 1.82) is 0 Å². The number of rotatable bonds is 4. The summed E-state index contributed by atoms with van der Waals surface area (Å²) < 4.78 is 1.73. The van der Waals surface area contributed by atoms with Gasteiger partial charge in [0.05, 0.1) is 12.0 Å². The Balaban J connectivity index is 1.21. The maximum absolute atomic E-state index is 12.8. The van der Waals surface area contributed by atoms with Crippen molar-refractivity contribution in [2.45, 2.75) is 38.1 Å². The first-order valence-electron chi connectivity index (χ1n) is 10.1. The van der Waals surface area contributed by atoms with E-state index in [0.29, 0.717) is 24.1 Å². The molecule has 6 heteroatoms. The number of piperidine rings is 1. The summed E-state index contributed by atoms with van der Waals surface area (Å²) in [6.07, 6.45) is 5.82. The average molecular weight is 376 g/mol.